The quantitative estimate of drug-likeness (QED) is 0.852. The lowest BCUT2D eigenvalue weighted by Gasteiger charge is -2.28. The zero-order valence-corrected chi connectivity index (χ0v) is 12.3. The van der Waals surface area contributed by atoms with Crippen LogP contribution in [0.3, 0.4) is 0 Å². The average molecular weight is 314 g/mol. The number of benzene rings is 1. The number of nitrogens with one attached hydrogen (secondary N) is 1. The first-order valence-corrected chi connectivity index (χ1v) is 7.17. The normalized spacial score (nSPS) is 17.2. The Morgan fingerprint density at radius 1 is 1.26 bits per heavy atom. The smallest absolute Gasteiger partial charge is 0.130 e. The molecule has 3 rings (SSSR count). The molecule has 0 spiro atoms. The minimum atomic E-state index is -0.646. The van der Waals surface area contributed by atoms with E-state index in [1.807, 2.05) is 0 Å². The molecule has 0 radical (unpaired) electrons. The maximum atomic E-state index is 14.6. The van der Waals surface area contributed by atoms with Gasteiger partial charge in [-0.05, 0) is 42.0 Å². The second kappa shape index (κ2) is 6.58. The molecule has 6 heteroatoms. The topological polar surface area (TPSA) is 54.2 Å². The van der Waals surface area contributed by atoms with E-state index < -0.39 is 6.17 Å². The summed E-state index contributed by atoms with van der Waals surface area (Å²) in [5.41, 5.74) is 7.42. The van der Waals surface area contributed by atoms with Gasteiger partial charge in [0.05, 0.1) is 5.70 Å². The average Bonchev–Trinajstić information content (AvgIpc) is 2.54. The number of anilines is 1. The molecule has 0 saturated heterocycles. The van der Waals surface area contributed by atoms with Crippen LogP contribution in [-0.2, 0) is 6.54 Å². The van der Waals surface area contributed by atoms with E-state index >= 15 is 0 Å². The van der Waals surface area contributed by atoms with Gasteiger partial charge in [-0.1, -0.05) is 22.7 Å². The van der Waals surface area contributed by atoms with Gasteiger partial charge in [0.1, 0.15) is 17.8 Å². The van der Waals surface area contributed by atoms with Gasteiger partial charge < -0.3 is 5.73 Å². The first kappa shape index (κ1) is 15.2. The molecular formula is C17H16F2N4. The van der Waals surface area contributed by atoms with Crippen molar-refractivity contribution in [3.8, 4) is 0 Å². The van der Waals surface area contributed by atoms with Crippen molar-refractivity contribution < 1.29 is 8.87 Å². The van der Waals surface area contributed by atoms with Crippen molar-refractivity contribution in [1.82, 2.24) is 15.4 Å². The molecule has 2 aromatic rings. The van der Waals surface area contributed by atoms with E-state index in [1.54, 1.807) is 42.5 Å². The number of allylic oxidation sites excluding steroid dienone is 2. The van der Waals surface area contributed by atoms with Crippen LogP contribution in [0.25, 0.3) is 5.70 Å². The maximum Gasteiger partial charge on any atom is 0.130 e. The van der Waals surface area contributed by atoms with E-state index in [1.165, 1.54) is 18.3 Å². The molecule has 0 fully saturated rings. The molecule has 1 aromatic heterocycles. The Hall–Kier alpha value is -2.73. The summed E-state index contributed by atoms with van der Waals surface area (Å²) < 4.78 is 27.8. The third kappa shape index (κ3) is 3.54. The van der Waals surface area contributed by atoms with Crippen LogP contribution in [0.2, 0.25) is 0 Å². The largest absolute Gasteiger partial charge is 0.384 e. The van der Waals surface area contributed by atoms with E-state index in [-0.39, 0.29) is 5.82 Å². The molecule has 1 atom stereocenters. The van der Waals surface area contributed by atoms with Gasteiger partial charge in [-0.25, -0.2) is 9.37 Å². The zero-order valence-electron chi connectivity index (χ0n) is 12.3. The third-order valence-electron chi connectivity index (χ3n) is 3.50. The molecule has 3 N–H and O–H groups in total. The van der Waals surface area contributed by atoms with E-state index in [0.29, 0.717) is 28.7 Å². The molecule has 4 nitrogen and oxygen atoms in total. The molecule has 118 valence electrons. The van der Waals surface area contributed by atoms with Gasteiger partial charge in [-0.3, -0.25) is 5.32 Å². The highest BCUT2D eigenvalue weighted by Crippen LogP contribution is 2.26. The van der Waals surface area contributed by atoms with Gasteiger partial charge in [0.25, 0.3) is 0 Å². The summed E-state index contributed by atoms with van der Waals surface area (Å²) in [6, 6.07) is 9.51. The van der Waals surface area contributed by atoms with Crippen LogP contribution in [-0.4, -0.2) is 16.3 Å². The Balaban J connectivity index is 1.71. The monoisotopic (exact) mass is 314 g/mol. The van der Waals surface area contributed by atoms with E-state index in [2.05, 4.69) is 10.3 Å². The molecule has 1 aliphatic rings. The molecule has 1 unspecified atom stereocenters. The first-order valence-electron chi connectivity index (χ1n) is 7.17. The molecule has 1 aliphatic heterocycles. The van der Waals surface area contributed by atoms with E-state index in [0.717, 1.165) is 5.56 Å². The molecule has 1 aromatic carbocycles. The first-order chi connectivity index (χ1) is 11.1. The summed E-state index contributed by atoms with van der Waals surface area (Å²) in [6.45, 7) is 0.346. The van der Waals surface area contributed by atoms with Crippen LogP contribution in [0.4, 0.5) is 14.7 Å². The summed E-state index contributed by atoms with van der Waals surface area (Å²) in [4.78, 5) is 3.90. The van der Waals surface area contributed by atoms with Crippen molar-refractivity contribution in [3.63, 3.8) is 0 Å². The fraction of sp³-hybridized carbons (Fsp3) is 0.118. The summed E-state index contributed by atoms with van der Waals surface area (Å²) >= 11 is 0. The lowest BCUT2D eigenvalue weighted by atomic mass is 10.1. The fourth-order valence-electron chi connectivity index (χ4n) is 2.39. The fourth-order valence-corrected chi connectivity index (χ4v) is 2.39. The number of nitrogens with two attached hydrogens (primary N) is 1. The second-order valence-corrected chi connectivity index (χ2v) is 5.17. The van der Waals surface area contributed by atoms with Gasteiger partial charge >= 0.3 is 0 Å². The van der Waals surface area contributed by atoms with Crippen molar-refractivity contribution in [2.24, 2.45) is 0 Å². The molecule has 2 heterocycles. The lowest BCUT2D eigenvalue weighted by molar-refractivity contribution is 0.0547. The molecule has 23 heavy (non-hydrogen) atoms. The van der Waals surface area contributed by atoms with Gasteiger partial charge in [-0.15, -0.1) is 0 Å². The van der Waals surface area contributed by atoms with Gasteiger partial charge in [0.15, 0.2) is 0 Å². The van der Waals surface area contributed by atoms with Crippen LogP contribution in [0, 0.1) is 5.82 Å². The second-order valence-electron chi connectivity index (χ2n) is 5.17. The van der Waals surface area contributed by atoms with Gasteiger partial charge in [0, 0.05) is 18.3 Å². The summed E-state index contributed by atoms with van der Waals surface area (Å²) in [5.74, 6) is 0.0176. The predicted octanol–water partition coefficient (Wildman–Crippen LogP) is 3.02. The minimum absolute atomic E-state index is 0.312. The molecule has 0 aliphatic carbocycles. The molecule has 0 saturated carbocycles. The number of nitrogen functional groups attached to an aromatic ring is 1. The number of hydrogen-bond acceptors (Lipinski definition) is 4. The van der Waals surface area contributed by atoms with Crippen molar-refractivity contribution in [1.29, 1.82) is 0 Å². The zero-order chi connectivity index (χ0) is 16.2. The summed E-state index contributed by atoms with van der Waals surface area (Å²) in [5, 5.41) is 3.66. The Kier molecular flexibility index (Phi) is 4.34. The minimum Gasteiger partial charge on any atom is -0.384 e. The molecule has 0 bridgehead atoms. The van der Waals surface area contributed by atoms with Crippen LogP contribution in [0.1, 0.15) is 11.1 Å². The van der Waals surface area contributed by atoms with Crippen LogP contribution < -0.4 is 11.1 Å². The standard InChI is InChI=1S/C17H16F2N4/c18-14-4-1-3-12(9-14)11-22-17-6-2-5-15(23(17)19)13-7-8-21-16(20)10-13/h1-10,17,22H,11H2,(H2,20,21). The Morgan fingerprint density at radius 2 is 2.13 bits per heavy atom. The SMILES string of the molecule is Nc1cc(C2=CC=CC(NCc3cccc(F)c3)N2F)ccn1. The maximum absolute atomic E-state index is 14.6. The Bertz CT molecular complexity index is 758. The number of halogens is 2. The van der Waals surface area contributed by atoms with Crippen molar-refractivity contribution in [2.75, 3.05) is 5.73 Å². The van der Waals surface area contributed by atoms with Crippen LogP contribution in [0.15, 0.2) is 60.8 Å². The highest BCUT2D eigenvalue weighted by molar-refractivity contribution is 5.67. The number of pyridine rings is 1. The van der Waals surface area contributed by atoms with Crippen LogP contribution >= 0.6 is 0 Å². The number of nitrogens with zero attached hydrogens (tertiary/aromatic N) is 2. The van der Waals surface area contributed by atoms with Crippen molar-refractivity contribution >= 4 is 11.5 Å². The van der Waals surface area contributed by atoms with Crippen molar-refractivity contribution in [2.45, 2.75) is 12.7 Å². The predicted molar refractivity (Wildman–Crippen MR) is 85.7 cm³/mol. The number of aromatic nitrogens is 1. The highest BCUT2D eigenvalue weighted by Gasteiger charge is 2.22. The summed E-state index contributed by atoms with van der Waals surface area (Å²) in [6.07, 6.45) is 6.01. The Morgan fingerprint density at radius 3 is 2.91 bits per heavy atom. The van der Waals surface area contributed by atoms with Crippen molar-refractivity contribution in [3.05, 3.63) is 77.8 Å². The lowest BCUT2D eigenvalue weighted by Crippen LogP contribution is -2.39. The summed E-state index contributed by atoms with van der Waals surface area (Å²) in [7, 11) is 0. The third-order valence-corrected chi connectivity index (χ3v) is 3.50. The van der Waals surface area contributed by atoms with Crippen LogP contribution in [0.5, 0.6) is 0 Å². The van der Waals surface area contributed by atoms with Gasteiger partial charge in [-0.2, -0.15) is 5.12 Å². The molecule has 0 amide bonds. The van der Waals surface area contributed by atoms with Gasteiger partial charge in [0.2, 0.25) is 0 Å². The number of rotatable bonds is 4. The Labute approximate surface area is 132 Å². The molecular weight excluding hydrogens is 298 g/mol. The number of hydrogen-bond donors (Lipinski definition) is 2. The van der Waals surface area contributed by atoms with E-state index in [4.69, 9.17) is 5.73 Å². The highest BCUT2D eigenvalue weighted by atomic mass is 19.2. The van der Waals surface area contributed by atoms with E-state index in [9.17, 15) is 8.87 Å².